The van der Waals surface area contributed by atoms with E-state index < -0.39 is 0 Å². The fourth-order valence-corrected chi connectivity index (χ4v) is 0.312. The van der Waals surface area contributed by atoms with Gasteiger partial charge in [-0.1, -0.05) is 6.92 Å². The van der Waals surface area contributed by atoms with Crippen LogP contribution in [0, 0.1) is 5.92 Å². The number of aliphatic hydroxyl groups excluding tert-OH is 1. The third-order valence-corrected chi connectivity index (χ3v) is 0.883. The molecular weight excluding hydrogens is 120 g/mol. The Morgan fingerprint density at radius 3 is 2.67 bits per heavy atom. The van der Waals surface area contributed by atoms with Gasteiger partial charge in [0.1, 0.15) is 0 Å². The van der Waals surface area contributed by atoms with Crippen molar-refractivity contribution >= 4 is 5.97 Å². The van der Waals surface area contributed by atoms with Crippen molar-refractivity contribution in [1.29, 1.82) is 0 Å². The van der Waals surface area contributed by atoms with Crippen LogP contribution in [0.5, 0.6) is 0 Å². The van der Waals surface area contributed by atoms with Crippen molar-refractivity contribution in [3.63, 3.8) is 0 Å². The lowest BCUT2D eigenvalue weighted by Gasteiger charge is -2.05. The highest BCUT2D eigenvalue weighted by molar-refractivity contribution is 5.65. The number of ether oxygens (including phenoxy) is 1. The van der Waals surface area contributed by atoms with E-state index in [0.717, 1.165) is 0 Å². The molecule has 0 aliphatic rings. The lowest BCUT2D eigenvalue weighted by molar-refractivity contribution is -0.142. The van der Waals surface area contributed by atoms with Crippen LogP contribution in [-0.4, -0.2) is 24.3 Å². The molecular formula is C6H12O3. The van der Waals surface area contributed by atoms with E-state index >= 15 is 0 Å². The summed E-state index contributed by atoms with van der Waals surface area (Å²) in [4.78, 5) is 10.2. The molecule has 3 heteroatoms. The predicted octanol–water partition coefficient (Wildman–Crippen LogP) is 0.178. The average Bonchev–Trinajstić information content (AvgIpc) is 1.83. The first-order valence-corrected chi connectivity index (χ1v) is 2.91. The zero-order valence-electron chi connectivity index (χ0n) is 5.76. The smallest absolute Gasteiger partial charge is 0.302 e. The highest BCUT2D eigenvalue weighted by atomic mass is 16.5. The van der Waals surface area contributed by atoms with Crippen LogP contribution >= 0.6 is 0 Å². The number of aliphatic hydroxyl groups is 1. The molecule has 0 bridgehead atoms. The molecule has 0 saturated carbocycles. The Balaban J connectivity index is 3.16. The van der Waals surface area contributed by atoms with Gasteiger partial charge in [-0.2, -0.15) is 0 Å². The molecule has 0 rings (SSSR count). The largest absolute Gasteiger partial charge is 0.466 e. The second-order valence-electron chi connectivity index (χ2n) is 2.09. The number of rotatable bonds is 3. The molecule has 0 heterocycles. The number of esters is 1. The molecule has 0 saturated heterocycles. The van der Waals surface area contributed by atoms with Crippen LogP contribution in [-0.2, 0) is 9.53 Å². The minimum absolute atomic E-state index is 0.0499. The molecule has 0 radical (unpaired) electrons. The van der Waals surface area contributed by atoms with Crippen LogP contribution in [0.3, 0.4) is 0 Å². The predicted molar refractivity (Wildman–Crippen MR) is 32.9 cm³/mol. The zero-order chi connectivity index (χ0) is 7.28. The Morgan fingerprint density at radius 2 is 2.33 bits per heavy atom. The summed E-state index contributed by atoms with van der Waals surface area (Å²) in [5, 5.41) is 8.46. The summed E-state index contributed by atoms with van der Waals surface area (Å²) >= 11 is 0. The van der Waals surface area contributed by atoms with Crippen molar-refractivity contribution in [1.82, 2.24) is 0 Å². The van der Waals surface area contributed by atoms with Gasteiger partial charge in [-0.15, -0.1) is 0 Å². The van der Waals surface area contributed by atoms with E-state index in [2.05, 4.69) is 4.74 Å². The van der Waals surface area contributed by atoms with E-state index in [1.807, 2.05) is 6.92 Å². The van der Waals surface area contributed by atoms with Crippen LogP contribution in [0.4, 0.5) is 0 Å². The second kappa shape index (κ2) is 4.32. The minimum atomic E-state index is -0.296. The van der Waals surface area contributed by atoms with Crippen LogP contribution in [0.15, 0.2) is 0 Å². The van der Waals surface area contributed by atoms with Crippen molar-refractivity contribution < 1.29 is 14.6 Å². The third kappa shape index (κ3) is 5.30. The standard InChI is InChI=1S/C6H12O3/c1-5(3-7)4-9-6(2)8/h5,7H,3-4H2,1-2H3/t5-/m1/s1. The Bertz CT molecular complexity index is 90.3. The lowest BCUT2D eigenvalue weighted by atomic mass is 10.2. The van der Waals surface area contributed by atoms with Crippen molar-refractivity contribution in [2.75, 3.05) is 13.2 Å². The normalized spacial score (nSPS) is 12.8. The number of hydrogen-bond acceptors (Lipinski definition) is 3. The summed E-state index contributed by atoms with van der Waals surface area (Å²) in [7, 11) is 0. The van der Waals surface area contributed by atoms with Crippen molar-refractivity contribution in [3.8, 4) is 0 Å². The van der Waals surface area contributed by atoms with Gasteiger partial charge in [0.2, 0.25) is 0 Å². The maximum atomic E-state index is 10.2. The molecule has 9 heavy (non-hydrogen) atoms. The molecule has 0 aliphatic carbocycles. The summed E-state index contributed by atoms with van der Waals surface area (Å²) < 4.78 is 4.60. The van der Waals surface area contributed by atoms with Gasteiger partial charge in [-0.3, -0.25) is 4.79 Å². The lowest BCUT2D eigenvalue weighted by Crippen LogP contribution is -2.12. The monoisotopic (exact) mass is 132 g/mol. The first-order valence-electron chi connectivity index (χ1n) is 2.91. The van der Waals surface area contributed by atoms with Gasteiger partial charge in [0.05, 0.1) is 6.61 Å². The fourth-order valence-electron chi connectivity index (χ4n) is 0.312. The van der Waals surface area contributed by atoms with Crippen LogP contribution in [0.2, 0.25) is 0 Å². The highest BCUT2D eigenvalue weighted by Gasteiger charge is 2.00. The molecule has 1 N–H and O–H groups in total. The van der Waals surface area contributed by atoms with E-state index in [0.29, 0.717) is 6.61 Å². The van der Waals surface area contributed by atoms with E-state index in [9.17, 15) is 4.79 Å². The van der Waals surface area contributed by atoms with Crippen LogP contribution in [0.25, 0.3) is 0 Å². The summed E-state index contributed by atoms with van der Waals surface area (Å²) in [6.45, 7) is 3.53. The van der Waals surface area contributed by atoms with Gasteiger partial charge >= 0.3 is 5.97 Å². The SMILES string of the molecule is CC(=O)OC[C@H](C)CO. The highest BCUT2D eigenvalue weighted by Crippen LogP contribution is 1.92. The number of hydrogen-bond donors (Lipinski definition) is 1. The second-order valence-corrected chi connectivity index (χ2v) is 2.09. The van der Waals surface area contributed by atoms with E-state index in [1.54, 1.807) is 0 Å². The Morgan fingerprint density at radius 1 is 1.78 bits per heavy atom. The average molecular weight is 132 g/mol. The maximum Gasteiger partial charge on any atom is 0.302 e. The Kier molecular flexibility index (Phi) is 4.05. The van der Waals surface area contributed by atoms with E-state index in [4.69, 9.17) is 5.11 Å². The fraction of sp³-hybridized carbons (Fsp3) is 0.833. The number of carbonyl (C=O) groups is 1. The Hall–Kier alpha value is -0.570. The summed E-state index contributed by atoms with van der Waals surface area (Å²) in [6, 6.07) is 0. The quantitative estimate of drug-likeness (QED) is 0.557. The molecule has 0 amide bonds. The van der Waals surface area contributed by atoms with Crippen molar-refractivity contribution in [2.24, 2.45) is 5.92 Å². The van der Waals surface area contributed by atoms with E-state index in [1.165, 1.54) is 6.92 Å². The molecule has 0 fully saturated rings. The van der Waals surface area contributed by atoms with Crippen molar-refractivity contribution in [2.45, 2.75) is 13.8 Å². The van der Waals surface area contributed by atoms with Gasteiger partial charge in [-0.25, -0.2) is 0 Å². The molecule has 3 nitrogen and oxygen atoms in total. The first-order chi connectivity index (χ1) is 4.16. The van der Waals surface area contributed by atoms with E-state index in [-0.39, 0.29) is 18.5 Å². The minimum Gasteiger partial charge on any atom is -0.466 e. The summed E-state index contributed by atoms with van der Waals surface area (Å²) in [6.07, 6.45) is 0. The van der Waals surface area contributed by atoms with Crippen LogP contribution < -0.4 is 0 Å². The summed E-state index contributed by atoms with van der Waals surface area (Å²) in [5.74, 6) is -0.246. The molecule has 0 aromatic carbocycles. The van der Waals surface area contributed by atoms with Gasteiger partial charge in [0.25, 0.3) is 0 Å². The maximum absolute atomic E-state index is 10.2. The van der Waals surface area contributed by atoms with Gasteiger partial charge in [-0.05, 0) is 0 Å². The molecule has 1 atom stereocenters. The molecule has 0 aromatic rings. The zero-order valence-corrected chi connectivity index (χ0v) is 5.76. The third-order valence-electron chi connectivity index (χ3n) is 0.883. The molecule has 0 aromatic heterocycles. The first kappa shape index (κ1) is 8.43. The topological polar surface area (TPSA) is 46.5 Å². The molecule has 54 valence electrons. The van der Waals surface area contributed by atoms with Crippen molar-refractivity contribution in [3.05, 3.63) is 0 Å². The molecule has 0 spiro atoms. The van der Waals surface area contributed by atoms with Gasteiger partial charge < -0.3 is 9.84 Å². The van der Waals surface area contributed by atoms with Crippen LogP contribution in [0.1, 0.15) is 13.8 Å². The summed E-state index contributed by atoms with van der Waals surface area (Å²) in [5.41, 5.74) is 0. The number of carbonyl (C=O) groups excluding carboxylic acids is 1. The Labute approximate surface area is 54.6 Å². The van der Waals surface area contributed by atoms with Gasteiger partial charge in [0, 0.05) is 19.4 Å². The molecule has 0 unspecified atom stereocenters. The molecule has 0 aliphatic heterocycles. The van der Waals surface area contributed by atoms with Gasteiger partial charge in [0.15, 0.2) is 0 Å².